The smallest absolute Gasteiger partial charge is 0.387 e. The van der Waals surface area contributed by atoms with Crippen LogP contribution in [0.3, 0.4) is 0 Å². The van der Waals surface area contributed by atoms with Gasteiger partial charge >= 0.3 is 6.61 Å². The fourth-order valence-corrected chi connectivity index (χ4v) is 2.46. The summed E-state index contributed by atoms with van der Waals surface area (Å²) in [5.74, 6) is 1.33. The van der Waals surface area contributed by atoms with Gasteiger partial charge in [0.25, 0.3) is 0 Å². The van der Waals surface area contributed by atoms with Gasteiger partial charge in [-0.05, 0) is 48.0 Å². The lowest BCUT2D eigenvalue weighted by Crippen LogP contribution is -2.16. The zero-order valence-electron chi connectivity index (χ0n) is 13.9. The minimum absolute atomic E-state index is 0.00268. The zero-order chi connectivity index (χ0) is 18.5. The van der Waals surface area contributed by atoms with E-state index in [1.54, 1.807) is 18.2 Å². The molecule has 2 aromatic rings. The van der Waals surface area contributed by atoms with Crippen LogP contribution in [-0.4, -0.2) is 32.7 Å². The van der Waals surface area contributed by atoms with Crippen molar-refractivity contribution in [1.29, 1.82) is 0 Å². The first-order valence-corrected chi connectivity index (χ1v) is 7.82. The third kappa shape index (κ3) is 4.11. The molecule has 0 saturated heterocycles. The molecule has 1 aliphatic rings. The molecule has 0 atom stereocenters. The predicted molar refractivity (Wildman–Crippen MR) is 90.4 cm³/mol. The van der Waals surface area contributed by atoms with E-state index in [1.165, 1.54) is 37.5 Å². The molecule has 0 fully saturated rings. The average Bonchev–Trinajstić information content (AvgIpc) is 2.65. The Balaban J connectivity index is 1.76. The van der Waals surface area contributed by atoms with Crippen molar-refractivity contribution < 1.29 is 32.5 Å². The summed E-state index contributed by atoms with van der Waals surface area (Å²) in [4.78, 5) is 12.2. The molecule has 0 aromatic heterocycles. The van der Waals surface area contributed by atoms with Crippen LogP contribution in [-0.2, 0) is 0 Å². The van der Waals surface area contributed by atoms with Crippen LogP contribution >= 0.6 is 0 Å². The number of benzene rings is 2. The maximum atomic E-state index is 12.2. The van der Waals surface area contributed by atoms with Gasteiger partial charge in [-0.15, -0.1) is 0 Å². The van der Waals surface area contributed by atoms with Crippen LogP contribution in [0.4, 0.5) is 8.78 Å². The van der Waals surface area contributed by atoms with Crippen molar-refractivity contribution in [3.63, 3.8) is 0 Å². The molecule has 3 rings (SSSR count). The lowest BCUT2D eigenvalue weighted by Gasteiger charge is -2.20. The van der Waals surface area contributed by atoms with E-state index >= 15 is 0 Å². The molecule has 0 bridgehead atoms. The van der Waals surface area contributed by atoms with Gasteiger partial charge in [0.2, 0.25) is 5.75 Å². The highest BCUT2D eigenvalue weighted by Gasteiger charge is 2.17. The van der Waals surface area contributed by atoms with Crippen LogP contribution in [0, 0.1) is 0 Å². The minimum Gasteiger partial charge on any atom is -0.493 e. The first-order chi connectivity index (χ1) is 12.6. The third-order valence-corrected chi connectivity index (χ3v) is 3.64. The van der Waals surface area contributed by atoms with E-state index < -0.39 is 6.61 Å². The largest absolute Gasteiger partial charge is 0.493 e. The highest BCUT2D eigenvalue weighted by Crippen LogP contribution is 2.40. The Labute approximate surface area is 148 Å². The van der Waals surface area contributed by atoms with Crippen LogP contribution in [0.25, 0.3) is 6.08 Å². The number of rotatable bonds is 6. The monoisotopic (exact) mass is 362 g/mol. The van der Waals surface area contributed by atoms with Crippen LogP contribution < -0.4 is 18.9 Å². The van der Waals surface area contributed by atoms with Crippen molar-refractivity contribution in [2.24, 2.45) is 0 Å². The summed E-state index contributed by atoms with van der Waals surface area (Å²) in [6.07, 6.45) is 3.00. The van der Waals surface area contributed by atoms with E-state index in [4.69, 9.17) is 14.2 Å². The van der Waals surface area contributed by atoms with Crippen molar-refractivity contribution in [2.75, 3.05) is 20.3 Å². The summed E-state index contributed by atoms with van der Waals surface area (Å²) in [7, 11) is 1.52. The van der Waals surface area contributed by atoms with Crippen molar-refractivity contribution in [2.45, 2.75) is 6.61 Å². The molecule has 5 nitrogen and oxygen atoms in total. The van der Waals surface area contributed by atoms with E-state index in [9.17, 15) is 13.6 Å². The fourth-order valence-electron chi connectivity index (χ4n) is 2.46. The van der Waals surface area contributed by atoms with Gasteiger partial charge in [-0.3, -0.25) is 4.79 Å². The number of halogens is 2. The highest BCUT2D eigenvalue weighted by atomic mass is 19.3. The normalized spacial score (nSPS) is 13.1. The molecule has 0 amide bonds. The Morgan fingerprint density at radius 3 is 2.58 bits per heavy atom. The quantitative estimate of drug-likeness (QED) is 0.575. The van der Waals surface area contributed by atoms with Gasteiger partial charge in [0.15, 0.2) is 17.3 Å². The topological polar surface area (TPSA) is 54.0 Å². The molecule has 0 aliphatic carbocycles. The molecule has 7 heteroatoms. The van der Waals surface area contributed by atoms with Crippen LogP contribution in [0.5, 0.6) is 23.0 Å². The second-order valence-electron chi connectivity index (χ2n) is 5.35. The molecule has 1 heterocycles. The lowest BCUT2D eigenvalue weighted by atomic mass is 10.1. The Hall–Kier alpha value is -3.09. The summed E-state index contributed by atoms with van der Waals surface area (Å²) in [5, 5.41) is 0. The van der Waals surface area contributed by atoms with E-state index in [0.29, 0.717) is 41.6 Å². The summed E-state index contributed by atoms with van der Waals surface area (Å²) < 4.78 is 44.9. The first kappa shape index (κ1) is 17.7. The standard InChI is InChI=1S/C19H16F2O5/c1-23-16-10-12(11-17-18(16)25-9-8-24-17)2-7-15(22)13-3-5-14(6-4-13)26-19(20)21/h2-7,10-11,19H,8-9H2,1H3/b7-2+. The Morgan fingerprint density at radius 2 is 1.88 bits per heavy atom. The molecule has 0 N–H and O–H groups in total. The molecule has 0 saturated carbocycles. The van der Waals surface area contributed by atoms with E-state index in [1.807, 2.05) is 0 Å². The minimum atomic E-state index is -2.90. The Morgan fingerprint density at radius 1 is 1.15 bits per heavy atom. The third-order valence-electron chi connectivity index (χ3n) is 3.64. The van der Waals surface area contributed by atoms with Gasteiger partial charge in [-0.2, -0.15) is 8.78 Å². The molecule has 0 spiro atoms. The van der Waals surface area contributed by atoms with Gasteiger partial charge in [-0.25, -0.2) is 0 Å². The maximum absolute atomic E-state index is 12.2. The molecule has 0 unspecified atom stereocenters. The number of hydrogen-bond acceptors (Lipinski definition) is 5. The van der Waals surface area contributed by atoms with Crippen LogP contribution in [0.1, 0.15) is 15.9 Å². The number of methoxy groups -OCH3 is 1. The van der Waals surface area contributed by atoms with Crippen molar-refractivity contribution in [3.05, 3.63) is 53.6 Å². The number of ketones is 1. The number of fused-ring (bicyclic) bond motifs is 1. The number of alkyl halides is 2. The number of ether oxygens (including phenoxy) is 4. The maximum Gasteiger partial charge on any atom is 0.387 e. The van der Waals surface area contributed by atoms with Gasteiger partial charge in [0, 0.05) is 5.56 Å². The summed E-state index contributed by atoms with van der Waals surface area (Å²) in [6.45, 7) is -2.01. The zero-order valence-corrected chi connectivity index (χ0v) is 13.9. The van der Waals surface area contributed by atoms with Gasteiger partial charge in [0.05, 0.1) is 7.11 Å². The summed E-state index contributed by atoms with van der Waals surface area (Å²) in [6, 6.07) is 8.97. The van der Waals surface area contributed by atoms with Gasteiger partial charge < -0.3 is 18.9 Å². The highest BCUT2D eigenvalue weighted by molar-refractivity contribution is 6.06. The molecule has 26 heavy (non-hydrogen) atoms. The summed E-state index contributed by atoms with van der Waals surface area (Å²) in [5.41, 5.74) is 1.06. The fraction of sp³-hybridized carbons (Fsp3) is 0.211. The van der Waals surface area contributed by atoms with E-state index in [2.05, 4.69) is 4.74 Å². The number of carbonyl (C=O) groups is 1. The van der Waals surface area contributed by atoms with Gasteiger partial charge in [0.1, 0.15) is 19.0 Å². The average molecular weight is 362 g/mol. The number of carbonyl (C=O) groups excluding carboxylic acids is 1. The van der Waals surface area contributed by atoms with E-state index in [-0.39, 0.29) is 11.5 Å². The molecule has 0 radical (unpaired) electrons. The molecule has 2 aromatic carbocycles. The number of hydrogen-bond donors (Lipinski definition) is 0. The summed E-state index contributed by atoms with van der Waals surface area (Å²) >= 11 is 0. The molecule has 1 aliphatic heterocycles. The Bertz CT molecular complexity index is 798. The van der Waals surface area contributed by atoms with Crippen LogP contribution in [0.15, 0.2) is 42.5 Å². The second kappa shape index (κ2) is 7.86. The first-order valence-electron chi connectivity index (χ1n) is 7.82. The second-order valence-corrected chi connectivity index (χ2v) is 5.35. The molecule has 136 valence electrons. The lowest BCUT2D eigenvalue weighted by molar-refractivity contribution is -0.0498. The predicted octanol–water partition coefficient (Wildman–Crippen LogP) is 3.96. The molecular formula is C19H16F2O5. The van der Waals surface area contributed by atoms with Gasteiger partial charge in [-0.1, -0.05) is 6.08 Å². The van der Waals surface area contributed by atoms with E-state index in [0.717, 1.165) is 0 Å². The van der Waals surface area contributed by atoms with Crippen molar-refractivity contribution in [3.8, 4) is 23.0 Å². The Kier molecular flexibility index (Phi) is 5.36. The van der Waals surface area contributed by atoms with Crippen molar-refractivity contribution >= 4 is 11.9 Å². The molecular weight excluding hydrogens is 346 g/mol. The van der Waals surface area contributed by atoms with Crippen LogP contribution in [0.2, 0.25) is 0 Å². The SMILES string of the molecule is COc1cc(/C=C/C(=O)c2ccc(OC(F)F)cc2)cc2c1OCCO2. The number of allylic oxidation sites excluding steroid dienone is 1. The van der Waals surface area contributed by atoms with Crippen molar-refractivity contribution in [1.82, 2.24) is 0 Å².